The zero-order chi connectivity index (χ0) is 10.5. The molecule has 4 N–H and O–H groups in total. The van der Waals surface area contributed by atoms with Crippen molar-refractivity contribution in [2.24, 2.45) is 0 Å². The number of aromatic nitrogens is 4. The summed E-state index contributed by atoms with van der Waals surface area (Å²) in [7, 11) is 0. The van der Waals surface area contributed by atoms with Gasteiger partial charge in [0, 0.05) is 13.0 Å². The molecule has 6 nitrogen and oxygen atoms in total. The van der Waals surface area contributed by atoms with Crippen LogP contribution < -0.4 is 11.1 Å². The summed E-state index contributed by atoms with van der Waals surface area (Å²) in [6.45, 7) is 0.779. The molecule has 0 aliphatic heterocycles. The first-order valence-corrected chi connectivity index (χ1v) is 4.64. The number of nitrogens with zero attached hydrogens (tertiary/aromatic N) is 3. The van der Waals surface area contributed by atoms with Crippen LogP contribution >= 0.6 is 0 Å². The van der Waals surface area contributed by atoms with E-state index in [1.807, 2.05) is 6.07 Å². The van der Waals surface area contributed by atoms with Crippen molar-refractivity contribution in [2.75, 3.05) is 17.6 Å². The summed E-state index contributed by atoms with van der Waals surface area (Å²) >= 11 is 0. The Labute approximate surface area is 86.9 Å². The van der Waals surface area contributed by atoms with Crippen LogP contribution in [0.2, 0.25) is 0 Å². The Hall–Kier alpha value is -2.11. The van der Waals surface area contributed by atoms with E-state index in [-0.39, 0.29) is 0 Å². The van der Waals surface area contributed by atoms with Gasteiger partial charge in [-0.1, -0.05) is 0 Å². The topological polar surface area (TPSA) is 92.5 Å². The van der Waals surface area contributed by atoms with Gasteiger partial charge in [-0.15, -0.1) is 0 Å². The van der Waals surface area contributed by atoms with Gasteiger partial charge in [0.05, 0.1) is 11.9 Å². The number of rotatable bonds is 4. The van der Waals surface area contributed by atoms with Crippen molar-refractivity contribution in [3.05, 3.63) is 30.5 Å². The van der Waals surface area contributed by atoms with Crippen LogP contribution in [0.25, 0.3) is 0 Å². The van der Waals surface area contributed by atoms with Crippen LogP contribution in [0.15, 0.2) is 24.7 Å². The Balaban J connectivity index is 1.81. The number of hydrogen-bond donors (Lipinski definition) is 3. The average Bonchev–Trinajstić information content (AvgIpc) is 2.74. The van der Waals surface area contributed by atoms with Gasteiger partial charge in [0.25, 0.3) is 0 Å². The minimum absolute atomic E-state index is 0.524. The summed E-state index contributed by atoms with van der Waals surface area (Å²) in [4.78, 5) is 7.99. The first kappa shape index (κ1) is 9.45. The minimum atomic E-state index is 0.524. The van der Waals surface area contributed by atoms with Crippen molar-refractivity contribution >= 4 is 11.5 Å². The summed E-state index contributed by atoms with van der Waals surface area (Å²) in [5.74, 6) is 1.39. The fourth-order valence-electron chi connectivity index (χ4n) is 1.19. The first-order chi connectivity index (χ1) is 7.34. The molecule has 0 saturated heterocycles. The molecule has 2 aromatic heterocycles. The number of nitrogens with one attached hydrogen (secondary N) is 2. The molecular weight excluding hydrogens is 192 g/mol. The van der Waals surface area contributed by atoms with Crippen LogP contribution in [0.5, 0.6) is 0 Å². The van der Waals surface area contributed by atoms with Crippen LogP contribution in [-0.4, -0.2) is 26.7 Å². The molecular formula is C9H12N6. The zero-order valence-electron chi connectivity index (χ0n) is 8.14. The third-order valence-corrected chi connectivity index (χ3v) is 1.94. The fourth-order valence-corrected chi connectivity index (χ4v) is 1.19. The van der Waals surface area contributed by atoms with Gasteiger partial charge in [0.15, 0.2) is 0 Å². The van der Waals surface area contributed by atoms with E-state index in [1.54, 1.807) is 12.3 Å². The largest absolute Gasteiger partial charge is 0.384 e. The predicted octanol–water partition coefficient (Wildman–Crippen LogP) is 0.436. The van der Waals surface area contributed by atoms with E-state index in [4.69, 9.17) is 5.73 Å². The van der Waals surface area contributed by atoms with E-state index < -0.39 is 0 Å². The number of nitrogens with two attached hydrogens (primary N) is 1. The number of anilines is 2. The van der Waals surface area contributed by atoms with E-state index in [0.29, 0.717) is 5.82 Å². The Kier molecular flexibility index (Phi) is 2.77. The van der Waals surface area contributed by atoms with Gasteiger partial charge in [-0.25, -0.2) is 9.97 Å². The molecule has 0 saturated carbocycles. The van der Waals surface area contributed by atoms with Crippen molar-refractivity contribution < 1.29 is 0 Å². The lowest BCUT2D eigenvalue weighted by Gasteiger charge is -2.04. The van der Waals surface area contributed by atoms with Crippen molar-refractivity contribution in [3.8, 4) is 0 Å². The molecule has 6 heteroatoms. The summed E-state index contributed by atoms with van der Waals surface area (Å²) in [5, 5.41) is 9.77. The Morgan fingerprint density at radius 2 is 2.27 bits per heavy atom. The normalized spacial score (nSPS) is 10.1. The molecule has 0 aromatic carbocycles. The van der Waals surface area contributed by atoms with Gasteiger partial charge < -0.3 is 11.1 Å². The van der Waals surface area contributed by atoms with Crippen LogP contribution in [0, 0.1) is 0 Å². The fraction of sp³-hybridized carbons (Fsp3) is 0.222. The molecule has 0 unspecified atom stereocenters. The Morgan fingerprint density at radius 3 is 2.93 bits per heavy atom. The van der Waals surface area contributed by atoms with Gasteiger partial charge in [0.1, 0.15) is 18.0 Å². The molecule has 2 rings (SSSR count). The predicted molar refractivity (Wildman–Crippen MR) is 57.2 cm³/mol. The van der Waals surface area contributed by atoms with Gasteiger partial charge in [-0.05, 0) is 12.1 Å². The second kappa shape index (κ2) is 4.41. The van der Waals surface area contributed by atoms with Crippen molar-refractivity contribution in [1.29, 1.82) is 0 Å². The molecule has 78 valence electrons. The maximum absolute atomic E-state index is 5.47. The maximum Gasteiger partial charge on any atom is 0.137 e. The minimum Gasteiger partial charge on any atom is -0.384 e. The second-order valence-electron chi connectivity index (χ2n) is 3.08. The molecule has 0 amide bonds. The van der Waals surface area contributed by atoms with Crippen LogP contribution in [0.4, 0.5) is 11.5 Å². The Morgan fingerprint density at radius 1 is 1.33 bits per heavy atom. The van der Waals surface area contributed by atoms with Crippen LogP contribution in [0.3, 0.4) is 0 Å². The molecule has 0 aliphatic carbocycles. The second-order valence-corrected chi connectivity index (χ2v) is 3.08. The summed E-state index contributed by atoms with van der Waals surface area (Å²) in [6, 6.07) is 3.65. The Bertz CT molecular complexity index is 393. The number of H-pyrrole nitrogens is 1. The summed E-state index contributed by atoms with van der Waals surface area (Å²) in [6.07, 6.45) is 4.00. The van der Waals surface area contributed by atoms with E-state index in [0.717, 1.165) is 24.5 Å². The van der Waals surface area contributed by atoms with Gasteiger partial charge in [-0.3, -0.25) is 5.10 Å². The molecule has 0 atom stereocenters. The number of pyridine rings is 1. The quantitative estimate of drug-likeness (QED) is 0.671. The molecule has 2 aromatic rings. The number of nitrogen functional groups attached to an aromatic ring is 1. The van der Waals surface area contributed by atoms with Gasteiger partial charge in [0.2, 0.25) is 0 Å². The average molecular weight is 204 g/mol. The lowest BCUT2D eigenvalue weighted by molar-refractivity contribution is 0.900. The molecule has 0 fully saturated rings. The third-order valence-electron chi connectivity index (χ3n) is 1.94. The molecule has 0 bridgehead atoms. The maximum atomic E-state index is 5.47. The summed E-state index contributed by atoms with van der Waals surface area (Å²) in [5.41, 5.74) is 6.42. The lowest BCUT2D eigenvalue weighted by atomic mass is 10.3. The molecule has 2 heterocycles. The SMILES string of the molecule is Nc1ccc(NCCc2ncn[nH]2)cn1. The standard InChI is InChI=1S/C9H12N6/c10-8-2-1-7(5-12-8)11-4-3-9-13-6-14-15-9/h1-2,5-6,11H,3-4H2,(H2,10,12)(H,13,14,15). The van der Waals surface area contributed by atoms with E-state index in [9.17, 15) is 0 Å². The lowest BCUT2D eigenvalue weighted by Crippen LogP contribution is -2.06. The highest BCUT2D eigenvalue weighted by Gasteiger charge is 1.96. The molecule has 15 heavy (non-hydrogen) atoms. The van der Waals surface area contributed by atoms with E-state index in [2.05, 4.69) is 25.5 Å². The van der Waals surface area contributed by atoms with Crippen LogP contribution in [-0.2, 0) is 6.42 Å². The highest BCUT2D eigenvalue weighted by molar-refractivity contribution is 5.45. The molecule has 0 aliphatic rings. The van der Waals surface area contributed by atoms with Crippen LogP contribution in [0.1, 0.15) is 5.82 Å². The smallest absolute Gasteiger partial charge is 0.137 e. The first-order valence-electron chi connectivity index (χ1n) is 4.64. The van der Waals surface area contributed by atoms with E-state index >= 15 is 0 Å². The van der Waals surface area contributed by atoms with Crippen molar-refractivity contribution in [2.45, 2.75) is 6.42 Å². The number of hydrogen-bond acceptors (Lipinski definition) is 5. The van der Waals surface area contributed by atoms with Gasteiger partial charge >= 0.3 is 0 Å². The molecule has 0 spiro atoms. The molecule has 0 radical (unpaired) electrons. The van der Waals surface area contributed by atoms with Crippen molar-refractivity contribution in [1.82, 2.24) is 20.2 Å². The monoisotopic (exact) mass is 204 g/mol. The number of aromatic amines is 1. The zero-order valence-corrected chi connectivity index (χ0v) is 8.14. The highest BCUT2D eigenvalue weighted by atomic mass is 15.2. The third kappa shape index (κ3) is 2.67. The van der Waals surface area contributed by atoms with Gasteiger partial charge in [-0.2, -0.15) is 5.10 Å². The summed E-state index contributed by atoms with van der Waals surface area (Å²) < 4.78 is 0. The van der Waals surface area contributed by atoms with E-state index in [1.165, 1.54) is 6.33 Å². The highest BCUT2D eigenvalue weighted by Crippen LogP contribution is 2.06. The van der Waals surface area contributed by atoms with Crippen molar-refractivity contribution in [3.63, 3.8) is 0 Å².